The molecule has 0 radical (unpaired) electrons. The van der Waals surface area contributed by atoms with Gasteiger partial charge in [-0.2, -0.15) is 0 Å². The van der Waals surface area contributed by atoms with Gasteiger partial charge in [0.1, 0.15) is 0 Å². The van der Waals surface area contributed by atoms with Crippen LogP contribution in [0.25, 0.3) is 4.72 Å². The van der Waals surface area contributed by atoms with E-state index in [2.05, 4.69) is 20.0 Å². The number of carbonyl (C=O) groups excluding carboxylic acids is 1. The number of ether oxygens (including phenoxy) is 2. The number of amides is 1. The van der Waals surface area contributed by atoms with Crippen molar-refractivity contribution >= 4 is 27.6 Å². The van der Waals surface area contributed by atoms with Gasteiger partial charge in [-0.25, -0.2) is 8.42 Å². The molecule has 3 aromatic rings. The van der Waals surface area contributed by atoms with Crippen molar-refractivity contribution in [3.63, 3.8) is 0 Å². The van der Waals surface area contributed by atoms with Crippen molar-refractivity contribution in [3.8, 4) is 11.5 Å². The molecule has 1 N–H and O–H groups in total. The molecule has 0 spiro atoms. The fraction of sp³-hybridized carbons (Fsp3) is 0.150. The monoisotopic (exact) mass is 425 g/mol. The van der Waals surface area contributed by atoms with Crippen LogP contribution in [0.3, 0.4) is 0 Å². The van der Waals surface area contributed by atoms with E-state index >= 15 is 0 Å². The summed E-state index contributed by atoms with van der Waals surface area (Å²) in [6, 6.07) is 12.3. The first kappa shape index (κ1) is 19.6. The lowest BCUT2D eigenvalue weighted by molar-refractivity contribution is 0.102. The Morgan fingerprint density at radius 3 is 2.33 bits per heavy atom. The van der Waals surface area contributed by atoms with Crippen LogP contribution in [0.4, 0.5) is 11.6 Å². The van der Waals surface area contributed by atoms with Crippen LogP contribution >= 0.6 is 0 Å². The largest absolute Gasteiger partial charge is 0.454 e. The van der Waals surface area contributed by atoms with Crippen molar-refractivity contribution in [2.45, 2.75) is 18.7 Å². The molecule has 9 nitrogen and oxygen atoms in total. The molecule has 0 aliphatic carbocycles. The number of hydrogen-bond donors (Lipinski definition) is 1. The Hall–Kier alpha value is -3.66. The van der Waals surface area contributed by atoms with Crippen LogP contribution in [0.5, 0.6) is 11.5 Å². The molecule has 0 saturated carbocycles. The predicted octanol–water partition coefficient (Wildman–Crippen LogP) is 3.47. The third-order valence-electron chi connectivity index (χ3n) is 4.22. The van der Waals surface area contributed by atoms with Crippen molar-refractivity contribution < 1.29 is 22.7 Å². The van der Waals surface area contributed by atoms with Gasteiger partial charge in [0.15, 0.2) is 11.5 Å². The lowest BCUT2D eigenvalue weighted by atomic mass is 10.2. The number of sulfonamides is 1. The van der Waals surface area contributed by atoms with Crippen LogP contribution in [-0.4, -0.2) is 31.1 Å². The summed E-state index contributed by atoms with van der Waals surface area (Å²) in [4.78, 5) is 20.5. The second kappa shape index (κ2) is 7.64. The molecule has 10 heteroatoms. The Labute approximate surface area is 173 Å². The highest BCUT2D eigenvalue weighted by atomic mass is 32.2. The summed E-state index contributed by atoms with van der Waals surface area (Å²) in [6.07, 6.45) is 0. The molecular weight excluding hydrogens is 408 g/mol. The summed E-state index contributed by atoms with van der Waals surface area (Å²) in [5, 5.41) is 2.71. The Morgan fingerprint density at radius 2 is 1.63 bits per heavy atom. The minimum absolute atomic E-state index is 0.0358. The summed E-state index contributed by atoms with van der Waals surface area (Å²) in [6.45, 7) is 3.59. The molecule has 1 aromatic heterocycles. The molecule has 0 bridgehead atoms. The van der Waals surface area contributed by atoms with E-state index in [0.29, 0.717) is 34.1 Å². The second-order valence-corrected chi connectivity index (χ2v) is 8.17. The number of anilines is 1. The van der Waals surface area contributed by atoms with Crippen molar-refractivity contribution in [1.29, 1.82) is 0 Å². The average Bonchev–Trinajstić information content (AvgIpc) is 3.15. The maximum atomic E-state index is 12.5. The molecule has 154 valence electrons. The summed E-state index contributed by atoms with van der Waals surface area (Å²) in [7, 11) is -3.99. The highest BCUT2D eigenvalue weighted by molar-refractivity contribution is 7.94. The Bertz CT molecular complexity index is 1210. The third kappa shape index (κ3) is 4.18. The van der Waals surface area contributed by atoms with E-state index < -0.39 is 10.0 Å². The van der Waals surface area contributed by atoms with Crippen LogP contribution in [0.2, 0.25) is 0 Å². The molecule has 2 aromatic carbocycles. The zero-order chi connectivity index (χ0) is 21.3. The zero-order valence-electron chi connectivity index (χ0n) is 16.1. The zero-order valence-corrected chi connectivity index (χ0v) is 16.9. The first-order valence-electron chi connectivity index (χ1n) is 8.91. The van der Waals surface area contributed by atoms with Gasteiger partial charge in [-0.05, 0) is 67.7 Å². The highest BCUT2D eigenvalue weighted by Gasteiger charge is 2.17. The molecule has 0 fully saturated rings. The van der Waals surface area contributed by atoms with Crippen molar-refractivity contribution in [2.24, 2.45) is 0 Å². The predicted molar refractivity (Wildman–Crippen MR) is 109 cm³/mol. The first-order valence-corrected chi connectivity index (χ1v) is 10.4. The van der Waals surface area contributed by atoms with Crippen molar-refractivity contribution in [1.82, 2.24) is 9.97 Å². The SMILES string of the molecule is Cc1cc(C)nc([N-]S(=O)(=O)c2ccc(NC(=O)c3ccc4c(c3)OCO4)cc2)n1. The standard InChI is InChI=1S/C20H18N4O5S/c1-12-9-13(2)22-20(21-12)24-30(26,27)16-6-4-15(5-7-16)23-19(25)14-3-8-17-18(10-14)29-11-28-17/h3-10H,11H2,1-2H3,(H2,21,22,23,24,25)/p-1. The summed E-state index contributed by atoms with van der Waals surface area (Å²) >= 11 is 0. The van der Waals surface area contributed by atoms with Crippen LogP contribution in [0, 0.1) is 13.8 Å². The second-order valence-electron chi connectivity index (χ2n) is 6.56. The molecule has 0 unspecified atom stereocenters. The van der Waals surface area contributed by atoms with Crippen molar-refractivity contribution in [2.75, 3.05) is 12.1 Å². The third-order valence-corrected chi connectivity index (χ3v) is 5.49. The van der Waals surface area contributed by atoms with Crippen LogP contribution in [0.1, 0.15) is 21.7 Å². The summed E-state index contributed by atoms with van der Waals surface area (Å²) < 4.78 is 39.2. The fourth-order valence-electron chi connectivity index (χ4n) is 2.86. The number of hydrogen-bond acceptors (Lipinski definition) is 7. The maximum absolute atomic E-state index is 12.5. The quantitative estimate of drug-likeness (QED) is 0.664. The molecule has 0 atom stereocenters. The van der Waals surface area contributed by atoms with Gasteiger partial charge in [-0.1, -0.05) is 6.07 Å². The summed E-state index contributed by atoms with van der Waals surface area (Å²) in [5.74, 6) is 0.599. The van der Waals surface area contributed by atoms with E-state index in [1.54, 1.807) is 38.1 Å². The molecule has 0 saturated heterocycles. The number of nitrogens with one attached hydrogen (secondary N) is 1. The highest BCUT2D eigenvalue weighted by Crippen LogP contribution is 2.32. The van der Waals surface area contributed by atoms with Gasteiger partial charge in [-0.3, -0.25) is 9.52 Å². The minimum atomic E-state index is -3.99. The smallest absolute Gasteiger partial charge is 0.255 e. The van der Waals surface area contributed by atoms with Gasteiger partial charge in [0.25, 0.3) is 5.91 Å². The van der Waals surface area contributed by atoms with E-state index in [9.17, 15) is 13.2 Å². The topological polar surface area (TPSA) is 122 Å². The van der Waals surface area contributed by atoms with E-state index in [1.165, 1.54) is 24.3 Å². The van der Waals surface area contributed by atoms with Gasteiger partial charge in [-0.15, -0.1) is 0 Å². The lowest BCUT2D eigenvalue weighted by Gasteiger charge is -2.15. The van der Waals surface area contributed by atoms with E-state index in [0.717, 1.165) is 0 Å². The molecule has 2 heterocycles. The van der Waals surface area contributed by atoms with Gasteiger partial charge in [0.2, 0.25) is 16.8 Å². The first-order chi connectivity index (χ1) is 14.3. The number of carbonyl (C=O) groups is 1. The van der Waals surface area contributed by atoms with Crippen LogP contribution < -0.4 is 14.8 Å². The Kier molecular flexibility index (Phi) is 5.00. The molecule has 1 amide bonds. The van der Waals surface area contributed by atoms with E-state index in [4.69, 9.17) is 9.47 Å². The Balaban J connectivity index is 1.47. The number of rotatable bonds is 5. The average molecular weight is 425 g/mol. The van der Waals surface area contributed by atoms with Crippen LogP contribution in [-0.2, 0) is 10.0 Å². The lowest BCUT2D eigenvalue weighted by Crippen LogP contribution is -2.12. The number of aryl methyl sites for hydroxylation is 2. The van der Waals surface area contributed by atoms with Gasteiger partial charge < -0.3 is 24.8 Å². The maximum Gasteiger partial charge on any atom is 0.255 e. The number of aromatic nitrogens is 2. The number of fused-ring (bicyclic) bond motifs is 1. The van der Waals surface area contributed by atoms with Gasteiger partial charge >= 0.3 is 0 Å². The van der Waals surface area contributed by atoms with E-state index in [1.807, 2.05) is 0 Å². The fourth-order valence-corrected chi connectivity index (χ4v) is 3.74. The molecular formula is C20H17N4O5S-. The Morgan fingerprint density at radius 1 is 0.967 bits per heavy atom. The van der Waals surface area contributed by atoms with Gasteiger partial charge in [0, 0.05) is 17.2 Å². The molecule has 4 rings (SSSR count). The summed E-state index contributed by atoms with van der Waals surface area (Å²) in [5.41, 5.74) is 2.06. The van der Waals surface area contributed by atoms with Gasteiger partial charge in [0.05, 0.1) is 4.90 Å². The molecule has 1 aliphatic rings. The number of benzene rings is 2. The van der Waals surface area contributed by atoms with Crippen LogP contribution in [0.15, 0.2) is 53.4 Å². The normalized spacial score (nSPS) is 12.5. The number of nitrogens with zero attached hydrogens (tertiary/aromatic N) is 3. The minimum Gasteiger partial charge on any atom is -0.454 e. The van der Waals surface area contributed by atoms with Crippen molar-refractivity contribution in [3.05, 3.63) is 70.2 Å². The molecule has 1 aliphatic heterocycles. The molecule has 30 heavy (non-hydrogen) atoms. The van der Waals surface area contributed by atoms with E-state index in [-0.39, 0.29) is 23.5 Å².